The molecule has 0 radical (unpaired) electrons. The third-order valence-corrected chi connectivity index (χ3v) is 3.47. The van der Waals surface area contributed by atoms with Crippen LogP contribution in [0.4, 0.5) is 0 Å². The van der Waals surface area contributed by atoms with Crippen LogP contribution in [0.25, 0.3) is 0 Å². The van der Waals surface area contributed by atoms with Gasteiger partial charge in [-0.15, -0.1) is 0 Å². The van der Waals surface area contributed by atoms with E-state index in [1.54, 1.807) is 0 Å². The number of alkyl halides is 1. The molecule has 5 heteroatoms. The van der Waals surface area contributed by atoms with Gasteiger partial charge in [0.25, 0.3) is 0 Å². The summed E-state index contributed by atoms with van der Waals surface area (Å²) in [5, 5.41) is 2.13. The number of ether oxygens (including phenoxy) is 1. The van der Waals surface area contributed by atoms with Gasteiger partial charge in [0.05, 0.1) is 0 Å². The van der Waals surface area contributed by atoms with E-state index in [4.69, 9.17) is 8.24 Å². The summed E-state index contributed by atoms with van der Waals surface area (Å²) in [4.78, 5) is 0.618. The first kappa shape index (κ1) is 9.08. The van der Waals surface area contributed by atoms with Gasteiger partial charge in [-0.2, -0.15) is 0 Å². The van der Waals surface area contributed by atoms with Crippen LogP contribution in [-0.4, -0.2) is 49.2 Å². The second-order valence-corrected chi connectivity index (χ2v) is 5.50. The van der Waals surface area contributed by atoms with E-state index in [1.165, 1.54) is 5.32 Å². The zero-order chi connectivity index (χ0) is 7.40. The van der Waals surface area contributed by atoms with Crippen molar-refractivity contribution in [2.75, 3.05) is 11.9 Å². The Bertz CT molecular complexity index is 136. The predicted molar refractivity (Wildman–Crippen MR) is 44.8 cm³/mol. The Kier molecular flexibility index (Phi) is 4.34. The molecule has 1 atom stereocenters. The number of hydrogen-bond donors (Lipinski definition) is 0. The third kappa shape index (κ3) is 2.93. The molecule has 1 saturated heterocycles. The van der Waals surface area contributed by atoms with Crippen LogP contribution in [0.15, 0.2) is 0 Å². The average molecular weight is 337 g/mol. The van der Waals surface area contributed by atoms with Crippen molar-refractivity contribution in [2.45, 2.75) is 10.1 Å². The van der Waals surface area contributed by atoms with Crippen LogP contribution in [0.3, 0.4) is 0 Å². The maximum atomic E-state index is 5.30. The third-order valence-electron chi connectivity index (χ3n) is 1.000. The molecule has 1 aliphatic heterocycles. The summed E-state index contributed by atoms with van der Waals surface area (Å²) in [6, 6.07) is 0. The van der Waals surface area contributed by atoms with Crippen LogP contribution in [0.2, 0.25) is 10.1 Å². The molecule has 1 fully saturated rings. The molecule has 0 aromatic carbocycles. The number of rotatable bonds is 3. The Morgan fingerprint density at radius 1 is 1.90 bits per heavy atom. The van der Waals surface area contributed by atoms with Crippen molar-refractivity contribution in [3.63, 3.8) is 0 Å². The summed E-state index contributed by atoms with van der Waals surface area (Å²) < 4.78 is 10.2. The fourth-order valence-corrected chi connectivity index (χ4v) is 2.33. The van der Waals surface area contributed by atoms with Crippen LogP contribution in [0.1, 0.15) is 0 Å². The molecule has 1 aliphatic rings. The Labute approximate surface area is 83.2 Å². The molecular formula is C5H7BrO2Se2. The minimum absolute atomic E-state index is 0.618. The fraction of sp³-hybridized carbons (Fsp3) is 0.800. The molecule has 1 rings (SSSR count). The molecule has 0 aliphatic carbocycles. The first-order valence-corrected chi connectivity index (χ1v) is 6.87. The van der Waals surface area contributed by atoms with Crippen molar-refractivity contribution in [1.82, 2.24) is 0 Å². The van der Waals surface area contributed by atoms with Gasteiger partial charge >= 0.3 is 83.5 Å². The maximum absolute atomic E-state index is 5.30. The summed E-state index contributed by atoms with van der Waals surface area (Å²) in [5.74, 6) is 0.791. The molecule has 0 aromatic rings. The van der Waals surface area contributed by atoms with Crippen LogP contribution >= 0.6 is 15.9 Å². The molecule has 2 nitrogen and oxygen atoms in total. The fourth-order valence-electron chi connectivity index (χ4n) is 0.494. The van der Waals surface area contributed by atoms with E-state index in [0.29, 0.717) is 11.4 Å². The number of carbonyl (C=O) groups excluding carboxylic acids is 1. The molecule has 0 saturated carbocycles. The quantitative estimate of drug-likeness (QED) is 0.317. The van der Waals surface area contributed by atoms with Crippen molar-refractivity contribution < 1.29 is 8.24 Å². The Balaban J connectivity index is 2.20. The predicted octanol–water partition coefficient (Wildman–Crippen LogP) is 0.468. The van der Waals surface area contributed by atoms with Crippen LogP contribution < -0.4 is 0 Å². The average Bonchev–Trinajstić information content (AvgIpc) is 2.73. The van der Waals surface area contributed by atoms with Crippen molar-refractivity contribution in [3.8, 4) is 0 Å². The summed E-state index contributed by atoms with van der Waals surface area (Å²) >= 11 is 6.52. The minimum atomic E-state index is 0.618. The van der Waals surface area contributed by atoms with Crippen LogP contribution in [0, 0.1) is 0 Å². The van der Waals surface area contributed by atoms with E-state index in [9.17, 15) is 0 Å². The molecule has 0 aromatic heterocycles. The molecule has 58 valence electrons. The summed E-state index contributed by atoms with van der Waals surface area (Å²) in [6.07, 6.45) is 0. The first-order valence-electron chi connectivity index (χ1n) is 2.85. The van der Waals surface area contributed by atoms with Crippen molar-refractivity contribution in [1.29, 1.82) is 0 Å². The summed E-state index contributed by atoms with van der Waals surface area (Å²) in [6.45, 7) is 0.698. The molecular weight excluding hydrogens is 330 g/mol. The van der Waals surface area contributed by atoms with E-state index in [1.807, 2.05) is 0 Å². The molecule has 1 unspecified atom stereocenters. The molecule has 0 bridgehead atoms. The van der Waals surface area contributed by atoms with E-state index in [2.05, 4.69) is 32.3 Å². The van der Waals surface area contributed by atoms with Gasteiger partial charge in [-0.25, -0.2) is 0 Å². The van der Waals surface area contributed by atoms with Crippen LogP contribution in [0.5, 0.6) is 0 Å². The van der Waals surface area contributed by atoms with Crippen LogP contribution in [-0.2, 0) is 8.24 Å². The van der Waals surface area contributed by atoms with E-state index < -0.39 is 0 Å². The van der Waals surface area contributed by atoms with Gasteiger partial charge in [-0.1, -0.05) is 0 Å². The number of esters is 1. The first-order chi connectivity index (χ1) is 4.88. The Hall–Kier alpha value is 0.989. The molecule has 0 spiro atoms. The van der Waals surface area contributed by atoms with Gasteiger partial charge < -0.3 is 0 Å². The van der Waals surface area contributed by atoms with Crippen molar-refractivity contribution in [2.24, 2.45) is 0 Å². The molecule has 0 N–H and O–H groups in total. The normalized spacial score (nSPS) is 24.5. The Morgan fingerprint density at radius 3 is 3.00 bits per heavy atom. The van der Waals surface area contributed by atoms with E-state index in [-0.39, 0.29) is 0 Å². The standard InChI is InChI=1S/C5H7BrO2Se2/c6-1-2-7-5(8-9)4-3-10-4/h4H,1-3H2. The second-order valence-electron chi connectivity index (χ2n) is 1.76. The van der Waals surface area contributed by atoms with Gasteiger partial charge in [0, 0.05) is 0 Å². The monoisotopic (exact) mass is 338 g/mol. The zero-order valence-electron chi connectivity index (χ0n) is 5.21. The molecule has 10 heavy (non-hydrogen) atoms. The second kappa shape index (κ2) is 4.78. The van der Waals surface area contributed by atoms with Gasteiger partial charge in [-0.3, -0.25) is 0 Å². The van der Waals surface area contributed by atoms with E-state index in [0.717, 1.165) is 26.3 Å². The van der Waals surface area contributed by atoms with Gasteiger partial charge in [0.15, 0.2) is 0 Å². The summed E-state index contributed by atoms with van der Waals surface area (Å²) in [5.41, 5.74) is 0. The van der Waals surface area contributed by atoms with Gasteiger partial charge in [0.1, 0.15) is 0 Å². The SMILES string of the molecule is [Se-][O+]=C(OCCBr)C1C[Se]1. The van der Waals surface area contributed by atoms with E-state index >= 15 is 0 Å². The van der Waals surface area contributed by atoms with Gasteiger partial charge in [0.2, 0.25) is 0 Å². The van der Waals surface area contributed by atoms with Gasteiger partial charge in [-0.05, 0) is 0 Å². The van der Waals surface area contributed by atoms with Crippen molar-refractivity contribution >= 4 is 53.2 Å². The number of hydrogen-bond acceptors (Lipinski definition) is 1. The van der Waals surface area contributed by atoms with Crippen molar-refractivity contribution in [3.05, 3.63) is 0 Å². The molecule has 1 heterocycles. The topological polar surface area (TPSA) is 20.5 Å². The zero-order valence-corrected chi connectivity index (χ0v) is 10.2. The molecule has 0 amide bonds. The summed E-state index contributed by atoms with van der Waals surface area (Å²) in [7, 11) is 0. The number of halogens is 1. The Morgan fingerprint density at radius 2 is 2.60 bits per heavy atom.